The van der Waals surface area contributed by atoms with E-state index < -0.39 is 5.79 Å². The van der Waals surface area contributed by atoms with Gasteiger partial charge in [0, 0.05) is 19.6 Å². The molecule has 0 aliphatic carbocycles. The molecule has 0 aromatic rings. The van der Waals surface area contributed by atoms with Crippen LogP contribution < -0.4 is 5.32 Å². The third-order valence-corrected chi connectivity index (χ3v) is 1.96. The fourth-order valence-electron chi connectivity index (χ4n) is 1.40. The Balaban J connectivity index is 2.58. The van der Waals surface area contributed by atoms with Gasteiger partial charge in [-0.25, -0.2) is 0 Å². The molecule has 0 saturated carbocycles. The van der Waals surface area contributed by atoms with E-state index in [9.17, 15) is 5.11 Å². The highest BCUT2D eigenvalue weighted by molar-refractivity contribution is 5.01. The fraction of sp³-hybridized carbons (Fsp3) is 0.750. The van der Waals surface area contributed by atoms with Crippen LogP contribution in [0.3, 0.4) is 0 Å². The molecule has 1 aliphatic heterocycles. The quantitative estimate of drug-likeness (QED) is 0.456. The molecule has 3 nitrogen and oxygen atoms in total. The Hall–Kier alpha value is -0.380. The van der Waals surface area contributed by atoms with E-state index in [1.807, 2.05) is 6.92 Å². The number of nitrogens with one attached hydrogen (secondary N) is 1. The summed E-state index contributed by atoms with van der Waals surface area (Å²) >= 11 is 0. The van der Waals surface area contributed by atoms with Crippen LogP contribution in [0.15, 0.2) is 12.7 Å². The average molecular weight is 157 g/mol. The Morgan fingerprint density at radius 1 is 1.91 bits per heavy atom. The van der Waals surface area contributed by atoms with Crippen molar-refractivity contribution in [2.24, 2.45) is 0 Å². The molecule has 64 valence electrons. The highest BCUT2D eigenvalue weighted by Gasteiger charge is 2.39. The molecule has 0 spiro atoms. The van der Waals surface area contributed by atoms with Gasteiger partial charge in [0.25, 0.3) is 0 Å². The Morgan fingerprint density at radius 3 is 3.18 bits per heavy atom. The van der Waals surface area contributed by atoms with Crippen molar-refractivity contribution in [3.05, 3.63) is 12.7 Å². The second-order valence-electron chi connectivity index (χ2n) is 2.70. The lowest BCUT2D eigenvalue weighted by Gasteiger charge is -2.26. The Labute approximate surface area is 67.1 Å². The van der Waals surface area contributed by atoms with E-state index in [1.54, 1.807) is 6.08 Å². The van der Waals surface area contributed by atoms with Crippen LogP contribution in [0.5, 0.6) is 0 Å². The molecule has 1 aliphatic rings. The van der Waals surface area contributed by atoms with Crippen molar-refractivity contribution < 1.29 is 9.84 Å². The van der Waals surface area contributed by atoms with Crippen LogP contribution >= 0.6 is 0 Å². The van der Waals surface area contributed by atoms with Crippen LogP contribution in [0.1, 0.15) is 13.3 Å². The minimum Gasteiger partial charge on any atom is -0.364 e. The number of hydrogen-bond donors (Lipinski definition) is 2. The summed E-state index contributed by atoms with van der Waals surface area (Å²) in [6.07, 6.45) is 2.32. The first-order valence-corrected chi connectivity index (χ1v) is 3.95. The van der Waals surface area contributed by atoms with Gasteiger partial charge in [-0.3, -0.25) is 0 Å². The molecule has 0 radical (unpaired) electrons. The van der Waals surface area contributed by atoms with Crippen molar-refractivity contribution in [2.45, 2.75) is 25.2 Å². The van der Waals surface area contributed by atoms with Gasteiger partial charge in [-0.2, -0.15) is 0 Å². The van der Waals surface area contributed by atoms with Gasteiger partial charge in [0.05, 0.1) is 6.04 Å². The second kappa shape index (κ2) is 3.34. The Kier molecular flexibility index (Phi) is 2.65. The summed E-state index contributed by atoms with van der Waals surface area (Å²) in [6.45, 7) is 6.80. The first kappa shape index (κ1) is 8.71. The smallest absolute Gasteiger partial charge is 0.185 e. The van der Waals surface area contributed by atoms with Crippen LogP contribution in [0.25, 0.3) is 0 Å². The van der Waals surface area contributed by atoms with Gasteiger partial charge in [-0.1, -0.05) is 6.08 Å². The first-order chi connectivity index (χ1) is 5.23. The number of aliphatic hydroxyl groups is 1. The van der Waals surface area contributed by atoms with E-state index in [0.29, 0.717) is 13.0 Å². The maximum Gasteiger partial charge on any atom is 0.185 e. The maximum atomic E-state index is 9.80. The summed E-state index contributed by atoms with van der Waals surface area (Å²) in [5.41, 5.74) is 0. The van der Waals surface area contributed by atoms with Gasteiger partial charge in [0.15, 0.2) is 5.79 Å². The highest BCUT2D eigenvalue weighted by Crippen LogP contribution is 2.22. The minimum absolute atomic E-state index is 0.123. The summed E-state index contributed by atoms with van der Waals surface area (Å²) in [4.78, 5) is 0. The van der Waals surface area contributed by atoms with Crippen molar-refractivity contribution in [1.82, 2.24) is 5.32 Å². The largest absolute Gasteiger partial charge is 0.364 e. The van der Waals surface area contributed by atoms with Crippen molar-refractivity contribution in [1.29, 1.82) is 0 Å². The van der Waals surface area contributed by atoms with Gasteiger partial charge in [0.1, 0.15) is 0 Å². The third-order valence-electron chi connectivity index (χ3n) is 1.96. The molecular weight excluding hydrogens is 142 g/mol. The first-order valence-electron chi connectivity index (χ1n) is 3.95. The highest BCUT2D eigenvalue weighted by atomic mass is 16.6. The molecule has 3 heteroatoms. The monoisotopic (exact) mass is 157 g/mol. The number of rotatable bonds is 3. The zero-order valence-corrected chi connectivity index (χ0v) is 6.84. The molecule has 11 heavy (non-hydrogen) atoms. The number of hydrogen-bond acceptors (Lipinski definition) is 3. The predicted octanol–water partition coefficient (Wildman–Crippen LogP) is 0.259. The second-order valence-corrected chi connectivity index (χ2v) is 2.70. The topological polar surface area (TPSA) is 41.5 Å². The van der Waals surface area contributed by atoms with E-state index in [4.69, 9.17) is 4.74 Å². The molecule has 2 N–H and O–H groups in total. The zero-order valence-electron chi connectivity index (χ0n) is 6.84. The molecule has 0 aromatic heterocycles. The lowest BCUT2D eigenvalue weighted by molar-refractivity contribution is -0.197. The van der Waals surface area contributed by atoms with E-state index in [0.717, 1.165) is 6.54 Å². The SMILES string of the molecule is C=C[C@@H]1NCCC1(O)OCC. The van der Waals surface area contributed by atoms with E-state index in [2.05, 4.69) is 11.9 Å². The molecule has 2 atom stereocenters. The summed E-state index contributed by atoms with van der Waals surface area (Å²) < 4.78 is 5.22. The molecule has 0 aromatic carbocycles. The van der Waals surface area contributed by atoms with Gasteiger partial charge >= 0.3 is 0 Å². The van der Waals surface area contributed by atoms with Crippen LogP contribution in [-0.4, -0.2) is 30.1 Å². The maximum absolute atomic E-state index is 9.80. The molecule has 1 heterocycles. The van der Waals surface area contributed by atoms with Crippen molar-refractivity contribution in [3.63, 3.8) is 0 Å². The van der Waals surface area contributed by atoms with Crippen molar-refractivity contribution in [3.8, 4) is 0 Å². The van der Waals surface area contributed by atoms with Gasteiger partial charge in [0.2, 0.25) is 0 Å². The normalized spacial score (nSPS) is 37.5. The van der Waals surface area contributed by atoms with Crippen LogP contribution in [-0.2, 0) is 4.74 Å². The molecule has 0 amide bonds. The Bertz CT molecular complexity index is 149. The lowest BCUT2D eigenvalue weighted by Crippen LogP contribution is -2.43. The number of ether oxygens (including phenoxy) is 1. The van der Waals surface area contributed by atoms with E-state index in [-0.39, 0.29) is 6.04 Å². The van der Waals surface area contributed by atoms with Gasteiger partial charge < -0.3 is 15.2 Å². The summed E-state index contributed by atoms with van der Waals surface area (Å²) in [6, 6.07) is -0.123. The standard InChI is InChI=1S/C8H15NO2/c1-3-7-8(10,11-4-2)5-6-9-7/h3,7,9-10H,1,4-6H2,2H3/t7-,8?/m0/s1. The molecular formula is C8H15NO2. The molecule has 0 bridgehead atoms. The molecule has 1 rings (SSSR count). The Morgan fingerprint density at radius 2 is 2.64 bits per heavy atom. The van der Waals surface area contributed by atoms with Gasteiger partial charge in [-0.05, 0) is 6.92 Å². The lowest BCUT2D eigenvalue weighted by atomic mass is 10.1. The van der Waals surface area contributed by atoms with Crippen molar-refractivity contribution in [2.75, 3.05) is 13.2 Å². The average Bonchev–Trinajstić information content (AvgIpc) is 2.31. The fourth-order valence-corrected chi connectivity index (χ4v) is 1.40. The predicted molar refractivity (Wildman–Crippen MR) is 43.2 cm³/mol. The minimum atomic E-state index is -1.02. The van der Waals surface area contributed by atoms with Crippen LogP contribution in [0, 0.1) is 0 Å². The van der Waals surface area contributed by atoms with Crippen LogP contribution in [0.2, 0.25) is 0 Å². The molecule has 1 unspecified atom stereocenters. The molecule has 1 fully saturated rings. The van der Waals surface area contributed by atoms with E-state index in [1.165, 1.54) is 0 Å². The summed E-state index contributed by atoms with van der Waals surface area (Å²) in [7, 11) is 0. The van der Waals surface area contributed by atoms with E-state index >= 15 is 0 Å². The molecule has 1 saturated heterocycles. The zero-order chi connectivity index (χ0) is 8.32. The summed E-state index contributed by atoms with van der Waals surface area (Å²) in [5.74, 6) is -1.02. The van der Waals surface area contributed by atoms with Crippen LogP contribution in [0.4, 0.5) is 0 Å². The third kappa shape index (κ3) is 1.61. The van der Waals surface area contributed by atoms with Crippen molar-refractivity contribution >= 4 is 0 Å². The summed E-state index contributed by atoms with van der Waals surface area (Å²) in [5, 5.41) is 12.9. The van der Waals surface area contributed by atoms with Gasteiger partial charge in [-0.15, -0.1) is 6.58 Å².